The van der Waals surface area contributed by atoms with Crippen LogP contribution in [0.2, 0.25) is 0 Å². The van der Waals surface area contributed by atoms with E-state index in [0.717, 1.165) is 19.0 Å². The van der Waals surface area contributed by atoms with Gasteiger partial charge in [-0.1, -0.05) is 20.3 Å². The van der Waals surface area contributed by atoms with Gasteiger partial charge in [0.1, 0.15) is 12.4 Å². The van der Waals surface area contributed by atoms with Gasteiger partial charge in [0.15, 0.2) is 5.76 Å². The van der Waals surface area contributed by atoms with Crippen molar-refractivity contribution in [1.82, 2.24) is 9.80 Å². The van der Waals surface area contributed by atoms with Crippen molar-refractivity contribution in [2.45, 2.75) is 71.1 Å². The lowest BCUT2D eigenvalue weighted by Crippen LogP contribution is -2.64. The molecule has 3 fully saturated rings. The van der Waals surface area contributed by atoms with Gasteiger partial charge >= 0.3 is 0 Å². The molecule has 0 aliphatic carbocycles. The molecular weight excluding hydrogens is 340 g/mol. The molecule has 150 valence electrons. The summed E-state index contributed by atoms with van der Waals surface area (Å²) >= 11 is 0. The molecule has 4 heterocycles. The van der Waals surface area contributed by atoms with E-state index in [4.69, 9.17) is 4.42 Å². The lowest BCUT2D eigenvalue weighted by Gasteiger charge is -2.57. The van der Waals surface area contributed by atoms with Crippen LogP contribution in [0.5, 0.6) is 0 Å². The SMILES string of the molecule is CC(C)CC[C@H]1[C@H]2C[C@H](CN(C(=O)c3ccc(CO)o3)C2)[C@@H]2CCCCN21. The first-order valence-corrected chi connectivity index (χ1v) is 10.8. The molecule has 1 aromatic heterocycles. The van der Waals surface area contributed by atoms with Crippen LogP contribution in [0.4, 0.5) is 0 Å². The summed E-state index contributed by atoms with van der Waals surface area (Å²) in [6.45, 7) is 7.40. The molecule has 3 aliphatic heterocycles. The molecule has 1 amide bonds. The van der Waals surface area contributed by atoms with E-state index in [2.05, 4.69) is 18.7 Å². The minimum atomic E-state index is -0.160. The second-order valence-corrected chi connectivity index (χ2v) is 9.23. The van der Waals surface area contributed by atoms with Crippen molar-refractivity contribution < 1.29 is 14.3 Å². The van der Waals surface area contributed by atoms with Crippen LogP contribution in [0.25, 0.3) is 0 Å². The molecule has 1 N–H and O–H groups in total. The van der Waals surface area contributed by atoms with Crippen LogP contribution in [0, 0.1) is 17.8 Å². The van der Waals surface area contributed by atoms with Crippen molar-refractivity contribution in [1.29, 1.82) is 0 Å². The number of furan rings is 1. The van der Waals surface area contributed by atoms with Crippen molar-refractivity contribution in [3.8, 4) is 0 Å². The van der Waals surface area contributed by atoms with Crippen LogP contribution in [-0.4, -0.2) is 52.5 Å². The van der Waals surface area contributed by atoms with E-state index in [9.17, 15) is 9.90 Å². The summed E-state index contributed by atoms with van der Waals surface area (Å²) in [5.41, 5.74) is 0. The van der Waals surface area contributed by atoms with E-state index in [1.807, 2.05) is 4.90 Å². The lowest BCUT2D eigenvalue weighted by atomic mass is 9.71. The van der Waals surface area contributed by atoms with Gasteiger partial charge in [0.25, 0.3) is 5.91 Å². The van der Waals surface area contributed by atoms with E-state index in [-0.39, 0.29) is 12.5 Å². The quantitative estimate of drug-likeness (QED) is 0.857. The third-order valence-electron chi connectivity index (χ3n) is 6.98. The maximum atomic E-state index is 13.0. The number of carbonyl (C=O) groups is 1. The number of rotatable bonds is 5. The molecule has 5 heteroatoms. The lowest BCUT2D eigenvalue weighted by molar-refractivity contribution is -0.0686. The molecule has 0 saturated carbocycles. The maximum absolute atomic E-state index is 13.0. The number of aliphatic hydroxyl groups is 1. The second-order valence-electron chi connectivity index (χ2n) is 9.23. The molecule has 5 nitrogen and oxygen atoms in total. The van der Waals surface area contributed by atoms with Crippen molar-refractivity contribution >= 4 is 5.91 Å². The van der Waals surface area contributed by atoms with Gasteiger partial charge in [-0.2, -0.15) is 0 Å². The predicted molar refractivity (Wildman–Crippen MR) is 104 cm³/mol. The highest BCUT2D eigenvalue weighted by molar-refractivity contribution is 5.91. The first kappa shape index (κ1) is 19.0. The predicted octanol–water partition coefficient (Wildman–Crippen LogP) is 3.52. The van der Waals surface area contributed by atoms with Crippen LogP contribution >= 0.6 is 0 Å². The summed E-state index contributed by atoms with van der Waals surface area (Å²) in [6.07, 6.45) is 7.73. The molecule has 3 saturated heterocycles. The fourth-order valence-corrected chi connectivity index (χ4v) is 5.71. The number of hydrogen-bond donors (Lipinski definition) is 1. The second kappa shape index (κ2) is 7.96. The van der Waals surface area contributed by atoms with Crippen LogP contribution < -0.4 is 0 Å². The molecule has 0 radical (unpaired) electrons. The topological polar surface area (TPSA) is 56.9 Å². The highest BCUT2D eigenvalue weighted by atomic mass is 16.4. The Kier molecular flexibility index (Phi) is 5.60. The summed E-state index contributed by atoms with van der Waals surface area (Å²) in [5.74, 6) is 2.73. The molecule has 1 aromatic rings. The Morgan fingerprint density at radius 2 is 2.07 bits per heavy atom. The van der Waals surface area contributed by atoms with Gasteiger partial charge in [-0.05, 0) is 68.5 Å². The number of aliphatic hydroxyl groups excluding tert-OH is 1. The summed E-state index contributed by atoms with van der Waals surface area (Å²) in [7, 11) is 0. The maximum Gasteiger partial charge on any atom is 0.289 e. The monoisotopic (exact) mass is 374 g/mol. The fraction of sp³-hybridized carbons (Fsp3) is 0.773. The summed E-state index contributed by atoms with van der Waals surface area (Å²) in [6, 6.07) is 4.68. The number of hydrogen-bond acceptors (Lipinski definition) is 4. The first-order chi connectivity index (χ1) is 13.1. The number of likely N-dealkylation sites (tertiary alicyclic amines) is 1. The molecule has 2 bridgehead atoms. The van der Waals surface area contributed by atoms with Crippen molar-refractivity contribution in [2.75, 3.05) is 19.6 Å². The van der Waals surface area contributed by atoms with Gasteiger partial charge in [0.05, 0.1) is 0 Å². The molecule has 4 atom stereocenters. The molecule has 4 rings (SSSR count). The number of nitrogens with zero attached hydrogens (tertiary/aromatic N) is 2. The van der Waals surface area contributed by atoms with Gasteiger partial charge < -0.3 is 14.4 Å². The Morgan fingerprint density at radius 3 is 2.81 bits per heavy atom. The Balaban J connectivity index is 1.53. The van der Waals surface area contributed by atoms with E-state index >= 15 is 0 Å². The summed E-state index contributed by atoms with van der Waals surface area (Å²) in [5, 5.41) is 9.22. The number of amides is 1. The molecule has 3 aliphatic rings. The van der Waals surface area contributed by atoms with Gasteiger partial charge in [-0.3, -0.25) is 9.69 Å². The number of piperidine rings is 3. The minimum Gasteiger partial charge on any atom is -0.453 e. The molecule has 0 aromatic carbocycles. The fourth-order valence-electron chi connectivity index (χ4n) is 5.71. The Hall–Kier alpha value is -1.33. The zero-order valence-corrected chi connectivity index (χ0v) is 16.8. The zero-order valence-electron chi connectivity index (χ0n) is 16.8. The van der Waals surface area contributed by atoms with Crippen LogP contribution in [0.15, 0.2) is 16.5 Å². The summed E-state index contributed by atoms with van der Waals surface area (Å²) < 4.78 is 5.53. The Morgan fingerprint density at radius 1 is 1.26 bits per heavy atom. The van der Waals surface area contributed by atoms with Gasteiger partial charge in [0.2, 0.25) is 0 Å². The number of carbonyl (C=O) groups excluding carboxylic acids is 1. The molecular formula is C22H34N2O3. The zero-order chi connectivity index (χ0) is 19.0. The minimum absolute atomic E-state index is 0.00345. The number of fused-ring (bicyclic) bond motifs is 4. The molecule has 0 unspecified atom stereocenters. The van der Waals surface area contributed by atoms with Crippen molar-refractivity contribution in [2.24, 2.45) is 17.8 Å². The average molecular weight is 375 g/mol. The average Bonchev–Trinajstić information content (AvgIpc) is 3.16. The first-order valence-electron chi connectivity index (χ1n) is 10.8. The molecule has 27 heavy (non-hydrogen) atoms. The third kappa shape index (κ3) is 3.81. The smallest absolute Gasteiger partial charge is 0.289 e. The van der Waals surface area contributed by atoms with Gasteiger partial charge in [0, 0.05) is 25.2 Å². The Labute approximate surface area is 162 Å². The largest absolute Gasteiger partial charge is 0.453 e. The van der Waals surface area contributed by atoms with E-state index in [0.29, 0.717) is 35.4 Å². The normalized spacial score (nSPS) is 31.2. The highest BCUT2D eigenvalue weighted by Crippen LogP contribution is 2.43. The van der Waals surface area contributed by atoms with Crippen LogP contribution in [0.1, 0.15) is 68.7 Å². The molecule has 0 spiro atoms. The van der Waals surface area contributed by atoms with E-state index in [1.165, 1.54) is 45.1 Å². The van der Waals surface area contributed by atoms with Crippen molar-refractivity contribution in [3.63, 3.8) is 0 Å². The van der Waals surface area contributed by atoms with Crippen LogP contribution in [0.3, 0.4) is 0 Å². The van der Waals surface area contributed by atoms with Crippen LogP contribution in [-0.2, 0) is 6.61 Å². The van der Waals surface area contributed by atoms with Crippen molar-refractivity contribution in [3.05, 3.63) is 23.7 Å². The highest BCUT2D eigenvalue weighted by Gasteiger charge is 2.47. The summed E-state index contributed by atoms with van der Waals surface area (Å²) in [4.78, 5) is 17.9. The van der Waals surface area contributed by atoms with Gasteiger partial charge in [-0.15, -0.1) is 0 Å². The third-order valence-corrected chi connectivity index (χ3v) is 6.98. The van der Waals surface area contributed by atoms with E-state index < -0.39 is 0 Å². The van der Waals surface area contributed by atoms with E-state index in [1.54, 1.807) is 12.1 Å². The standard InChI is InChI=1S/C22H34N2O3/c1-15(2)6-8-20-17-11-16(19-5-3-4-10-24(19)20)12-23(13-17)22(26)21-9-7-18(14-25)27-21/h7,9,15-17,19-20,25H,3-6,8,10-14H2,1-2H3/t16-,17+,19+,20+/m1/s1. The Bertz CT molecular complexity index is 656. The van der Waals surface area contributed by atoms with Gasteiger partial charge in [-0.25, -0.2) is 0 Å².